The van der Waals surface area contributed by atoms with E-state index in [1.807, 2.05) is 17.7 Å². The van der Waals surface area contributed by atoms with Crippen molar-refractivity contribution < 1.29 is 9.90 Å². The lowest BCUT2D eigenvalue weighted by Gasteiger charge is -2.06. The van der Waals surface area contributed by atoms with Crippen molar-refractivity contribution in [1.29, 1.82) is 0 Å². The van der Waals surface area contributed by atoms with Crippen LogP contribution in [0.15, 0.2) is 10.8 Å². The number of aliphatic hydroxyl groups is 1. The summed E-state index contributed by atoms with van der Waals surface area (Å²) in [6.07, 6.45) is 0.230. The molecule has 1 atom stereocenters. The van der Waals surface area contributed by atoms with Crippen LogP contribution in [0.1, 0.15) is 29.3 Å². The van der Waals surface area contributed by atoms with Crippen LogP contribution in [-0.4, -0.2) is 23.7 Å². The van der Waals surface area contributed by atoms with Gasteiger partial charge in [-0.05, 0) is 31.2 Å². The maximum atomic E-state index is 11.5. The fraction of sp³-hybridized carbons (Fsp3) is 0.500. The van der Waals surface area contributed by atoms with Gasteiger partial charge in [-0.3, -0.25) is 4.79 Å². The minimum atomic E-state index is -0.362. The van der Waals surface area contributed by atoms with Crippen LogP contribution in [0.2, 0.25) is 0 Å². The van der Waals surface area contributed by atoms with Crippen molar-refractivity contribution in [1.82, 2.24) is 5.32 Å². The Morgan fingerprint density at radius 3 is 2.86 bits per heavy atom. The lowest BCUT2D eigenvalue weighted by molar-refractivity contribution is 0.0945. The average molecular weight is 213 g/mol. The molecule has 2 N–H and O–H groups in total. The minimum Gasteiger partial charge on any atom is -0.393 e. The molecule has 0 aliphatic carbocycles. The van der Waals surface area contributed by atoms with Gasteiger partial charge in [0.15, 0.2) is 0 Å². The maximum Gasteiger partial charge on any atom is 0.252 e. The highest BCUT2D eigenvalue weighted by Gasteiger charge is 2.08. The molecule has 1 heterocycles. The first-order valence-electron chi connectivity index (χ1n) is 4.60. The van der Waals surface area contributed by atoms with E-state index < -0.39 is 0 Å². The summed E-state index contributed by atoms with van der Waals surface area (Å²) < 4.78 is 0. The fourth-order valence-corrected chi connectivity index (χ4v) is 1.91. The van der Waals surface area contributed by atoms with E-state index in [-0.39, 0.29) is 12.0 Å². The molecule has 0 fully saturated rings. The van der Waals surface area contributed by atoms with Crippen LogP contribution in [-0.2, 0) is 0 Å². The number of aliphatic hydroxyl groups excluding tert-OH is 1. The number of carbonyl (C=O) groups is 1. The van der Waals surface area contributed by atoms with Gasteiger partial charge in [-0.2, -0.15) is 11.3 Å². The molecule has 0 radical (unpaired) electrons. The van der Waals surface area contributed by atoms with Crippen LogP contribution >= 0.6 is 11.3 Å². The van der Waals surface area contributed by atoms with E-state index in [1.54, 1.807) is 6.92 Å². The summed E-state index contributed by atoms with van der Waals surface area (Å²) in [5.41, 5.74) is 1.74. The third-order valence-corrected chi connectivity index (χ3v) is 2.81. The maximum absolute atomic E-state index is 11.5. The van der Waals surface area contributed by atoms with Crippen LogP contribution in [0.3, 0.4) is 0 Å². The van der Waals surface area contributed by atoms with Crippen molar-refractivity contribution in [3.63, 3.8) is 0 Å². The summed E-state index contributed by atoms with van der Waals surface area (Å²) >= 11 is 1.52. The summed E-state index contributed by atoms with van der Waals surface area (Å²) in [6.45, 7) is 4.15. The summed E-state index contributed by atoms with van der Waals surface area (Å²) in [4.78, 5) is 11.5. The monoisotopic (exact) mass is 213 g/mol. The normalized spacial score (nSPS) is 12.5. The molecular weight excluding hydrogens is 198 g/mol. The van der Waals surface area contributed by atoms with E-state index in [2.05, 4.69) is 5.32 Å². The van der Waals surface area contributed by atoms with E-state index >= 15 is 0 Å². The Bertz CT molecular complexity index is 307. The first-order valence-corrected chi connectivity index (χ1v) is 5.54. The topological polar surface area (TPSA) is 49.3 Å². The Labute approximate surface area is 87.8 Å². The Kier molecular flexibility index (Phi) is 4.10. The summed E-state index contributed by atoms with van der Waals surface area (Å²) in [5.74, 6) is -0.0515. The van der Waals surface area contributed by atoms with Crippen molar-refractivity contribution in [2.75, 3.05) is 6.54 Å². The smallest absolute Gasteiger partial charge is 0.252 e. The van der Waals surface area contributed by atoms with Gasteiger partial charge in [0.1, 0.15) is 0 Å². The number of thiophene rings is 1. The Morgan fingerprint density at radius 1 is 1.64 bits per heavy atom. The van der Waals surface area contributed by atoms with Crippen molar-refractivity contribution in [2.24, 2.45) is 0 Å². The predicted octanol–water partition coefficient (Wildman–Crippen LogP) is 1.56. The van der Waals surface area contributed by atoms with Gasteiger partial charge in [0, 0.05) is 11.9 Å². The first-order chi connectivity index (χ1) is 6.61. The third kappa shape index (κ3) is 3.12. The van der Waals surface area contributed by atoms with Crippen LogP contribution in [0.25, 0.3) is 0 Å². The number of amides is 1. The molecule has 0 spiro atoms. The Balaban J connectivity index is 2.40. The second-order valence-corrected chi connectivity index (χ2v) is 4.11. The zero-order valence-corrected chi connectivity index (χ0v) is 9.23. The SMILES string of the molecule is Cc1cscc1C(=O)NCCC(C)O. The minimum absolute atomic E-state index is 0.0515. The molecule has 0 aromatic carbocycles. The predicted molar refractivity (Wildman–Crippen MR) is 57.7 cm³/mol. The van der Waals surface area contributed by atoms with Crippen molar-refractivity contribution in [3.8, 4) is 0 Å². The number of hydrogen-bond donors (Lipinski definition) is 2. The average Bonchev–Trinajstić information content (AvgIpc) is 2.50. The molecule has 14 heavy (non-hydrogen) atoms. The Morgan fingerprint density at radius 2 is 2.36 bits per heavy atom. The quantitative estimate of drug-likeness (QED) is 0.797. The van der Waals surface area contributed by atoms with E-state index in [9.17, 15) is 4.79 Å². The summed E-state index contributed by atoms with van der Waals surface area (Å²) in [5, 5.41) is 15.6. The molecule has 0 aliphatic rings. The van der Waals surface area contributed by atoms with E-state index in [4.69, 9.17) is 5.11 Å². The molecule has 1 aromatic heterocycles. The highest BCUT2D eigenvalue weighted by molar-refractivity contribution is 7.08. The molecule has 1 amide bonds. The van der Waals surface area contributed by atoms with Gasteiger partial charge in [-0.15, -0.1) is 0 Å². The molecule has 1 unspecified atom stereocenters. The second-order valence-electron chi connectivity index (χ2n) is 3.36. The number of carbonyl (C=O) groups excluding carboxylic acids is 1. The number of nitrogens with one attached hydrogen (secondary N) is 1. The van der Waals surface area contributed by atoms with Gasteiger partial charge in [0.25, 0.3) is 5.91 Å². The standard InChI is InChI=1S/C10H15NO2S/c1-7-5-14-6-9(7)10(13)11-4-3-8(2)12/h5-6,8,12H,3-4H2,1-2H3,(H,11,13). The zero-order chi connectivity index (χ0) is 10.6. The van der Waals surface area contributed by atoms with Gasteiger partial charge in [-0.1, -0.05) is 0 Å². The summed E-state index contributed by atoms with van der Waals surface area (Å²) in [7, 11) is 0. The molecule has 4 heteroatoms. The molecule has 0 aliphatic heterocycles. The highest BCUT2D eigenvalue weighted by Crippen LogP contribution is 2.12. The molecule has 1 aromatic rings. The summed E-state index contributed by atoms with van der Waals surface area (Å²) in [6, 6.07) is 0. The lowest BCUT2D eigenvalue weighted by Crippen LogP contribution is -2.26. The van der Waals surface area contributed by atoms with Crippen molar-refractivity contribution in [2.45, 2.75) is 26.4 Å². The van der Waals surface area contributed by atoms with Gasteiger partial charge in [0.05, 0.1) is 11.7 Å². The van der Waals surface area contributed by atoms with Crippen molar-refractivity contribution >= 4 is 17.2 Å². The molecule has 78 valence electrons. The van der Waals surface area contributed by atoms with Gasteiger partial charge in [-0.25, -0.2) is 0 Å². The molecule has 0 saturated carbocycles. The van der Waals surface area contributed by atoms with Gasteiger partial charge >= 0.3 is 0 Å². The largest absolute Gasteiger partial charge is 0.393 e. The molecule has 1 rings (SSSR count). The van der Waals surface area contributed by atoms with E-state index in [0.717, 1.165) is 11.1 Å². The fourth-order valence-electron chi connectivity index (χ4n) is 1.08. The van der Waals surface area contributed by atoms with Crippen LogP contribution in [0.4, 0.5) is 0 Å². The number of hydrogen-bond acceptors (Lipinski definition) is 3. The second kappa shape index (κ2) is 5.12. The Hall–Kier alpha value is -0.870. The molecular formula is C10H15NO2S. The molecule has 0 saturated heterocycles. The number of aryl methyl sites for hydroxylation is 1. The van der Waals surface area contributed by atoms with Crippen LogP contribution in [0, 0.1) is 6.92 Å². The molecule has 3 nitrogen and oxygen atoms in total. The number of rotatable bonds is 4. The van der Waals surface area contributed by atoms with E-state index in [1.165, 1.54) is 11.3 Å². The molecule has 0 bridgehead atoms. The lowest BCUT2D eigenvalue weighted by atomic mass is 10.2. The first kappa shape index (κ1) is 11.2. The van der Waals surface area contributed by atoms with Crippen molar-refractivity contribution in [3.05, 3.63) is 21.9 Å². The van der Waals surface area contributed by atoms with Gasteiger partial charge in [0.2, 0.25) is 0 Å². The van der Waals surface area contributed by atoms with Gasteiger partial charge < -0.3 is 10.4 Å². The zero-order valence-electron chi connectivity index (χ0n) is 8.41. The van der Waals surface area contributed by atoms with Crippen LogP contribution in [0.5, 0.6) is 0 Å². The van der Waals surface area contributed by atoms with Crippen LogP contribution < -0.4 is 5.32 Å². The highest BCUT2D eigenvalue weighted by atomic mass is 32.1. The van der Waals surface area contributed by atoms with E-state index in [0.29, 0.717) is 13.0 Å². The third-order valence-electron chi connectivity index (χ3n) is 1.95.